The predicted octanol–water partition coefficient (Wildman–Crippen LogP) is -0.551. The van der Waals surface area contributed by atoms with Crippen LogP contribution in [0.3, 0.4) is 0 Å². The highest BCUT2D eigenvalue weighted by Gasteiger charge is 2.24. The number of nitrogens with zero attached hydrogens (tertiary/aromatic N) is 1. The maximum absolute atomic E-state index is 12.0. The number of amides is 1. The number of hydrogen-bond acceptors (Lipinski definition) is 4. The first-order chi connectivity index (χ1) is 8.02. The standard InChI is InChI=1S/C10H18F2N2O3/c1-7(13-6-8(15)9(11)12)10(16)14-2-4-17-5-3-14/h7-9,13,15H,2-6H2,1H3. The van der Waals surface area contributed by atoms with Crippen LogP contribution in [0.4, 0.5) is 8.78 Å². The van der Waals surface area contributed by atoms with E-state index in [1.807, 2.05) is 0 Å². The second kappa shape index (κ2) is 6.83. The third-order valence-electron chi connectivity index (χ3n) is 2.62. The van der Waals surface area contributed by atoms with E-state index in [0.717, 1.165) is 0 Å². The summed E-state index contributed by atoms with van der Waals surface area (Å²) in [6.45, 7) is 3.33. The summed E-state index contributed by atoms with van der Waals surface area (Å²) < 4.78 is 29.2. The Bertz CT molecular complexity index is 248. The smallest absolute Gasteiger partial charge is 0.265 e. The second-order valence-electron chi connectivity index (χ2n) is 3.97. The Hall–Kier alpha value is -0.790. The fourth-order valence-corrected chi connectivity index (χ4v) is 1.53. The second-order valence-corrected chi connectivity index (χ2v) is 3.97. The van der Waals surface area contributed by atoms with Crippen LogP contribution in [0.25, 0.3) is 0 Å². The lowest BCUT2D eigenvalue weighted by Crippen LogP contribution is -2.50. The van der Waals surface area contributed by atoms with Crippen molar-refractivity contribution >= 4 is 5.91 Å². The molecule has 100 valence electrons. The molecule has 0 bridgehead atoms. The highest BCUT2D eigenvalue weighted by atomic mass is 19.3. The van der Waals surface area contributed by atoms with E-state index < -0.39 is 18.6 Å². The molecule has 1 amide bonds. The van der Waals surface area contributed by atoms with Gasteiger partial charge in [0, 0.05) is 19.6 Å². The summed E-state index contributed by atoms with van der Waals surface area (Å²) in [4.78, 5) is 13.4. The van der Waals surface area contributed by atoms with Gasteiger partial charge in [-0.1, -0.05) is 0 Å². The highest BCUT2D eigenvalue weighted by Crippen LogP contribution is 2.02. The third kappa shape index (κ3) is 4.53. The molecular formula is C10H18F2N2O3. The summed E-state index contributed by atoms with van der Waals surface area (Å²) in [6, 6.07) is -0.582. The molecular weight excluding hydrogens is 234 g/mol. The van der Waals surface area contributed by atoms with E-state index >= 15 is 0 Å². The summed E-state index contributed by atoms with van der Waals surface area (Å²) in [6.07, 6.45) is -4.54. The van der Waals surface area contributed by atoms with Crippen molar-refractivity contribution in [2.45, 2.75) is 25.5 Å². The molecule has 2 atom stereocenters. The molecule has 0 aliphatic carbocycles. The van der Waals surface area contributed by atoms with Gasteiger partial charge >= 0.3 is 0 Å². The quantitative estimate of drug-likeness (QED) is 0.689. The predicted molar refractivity (Wildman–Crippen MR) is 56.9 cm³/mol. The molecule has 1 rings (SSSR count). The van der Waals surface area contributed by atoms with Gasteiger partial charge in [0.15, 0.2) is 0 Å². The molecule has 5 nitrogen and oxygen atoms in total. The number of hydrogen-bond donors (Lipinski definition) is 2. The lowest BCUT2D eigenvalue weighted by atomic mass is 10.2. The minimum atomic E-state index is -2.80. The largest absolute Gasteiger partial charge is 0.386 e. The normalized spacial score (nSPS) is 20.4. The fraction of sp³-hybridized carbons (Fsp3) is 0.900. The zero-order valence-electron chi connectivity index (χ0n) is 9.73. The van der Waals surface area contributed by atoms with Crippen LogP contribution in [0.15, 0.2) is 0 Å². The molecule has 2 unspecified atom stereocenters. The molecule has 2 N–H and O–H groups in total. The van der Waals surface area contributed by atoms with Crippen LogP contribution in [0.1, 0.15) is 6.92 Å². The first kappa shape index (κ1) is 14.3. The van der Waals surface area contributed by atoms with Crippen LogP contribution in [0, 0.1) is 0 Å². The summed E-state index contributed by atoms with van der Waals surface area (Å²) in [7, 11) is 0. The topological polar surface area (TPSA) is 61.8 Å². The zero-order chi connectivity index (χ0) is 12.8. The molecule has 0 radical (unpaired) electrons. The van der Waals surface area contributed by atoms with Crippen molar-refractivity contribution in [1.29, 1.82) is 0 Å². The molecule has 1 saturated heterocycles. The molecule has 1 heterocycles. The van der Waals surface area contributed by atoms with Crippen molar-refractivity contribution in [3.8, 4) is 0 Å². The lowest BCUT2D eigenvalue weighted by molar-refractivity contribution is -0.137. The molecule has 1 fully saturated rings. The van der Waals surface area contributed by atoms with Gasteiger partial charge in [-0.25, -0.2) is 8.78 Å². The van der Waals surface area contributed by atoms with E-state index in [-0.39, 0.29) is 12.5 Å². The number of nitrogens with one attached hydrogen (secondary N) is 1. The summed E-state index contributed by atoms with van der Waals surface area (Å²) >= 11 is 0. The van der Waals surface area contributed by atoms with Gasteiger partial charge in [-0.05, 0) is 6.92 Å². The molecule has 0 aromatic carbocycles. The molecule has 0 aromatic heterocycles. The van der Waals surface area contributed by atoms with Crippen molar-refractivity contribution in [1.82, 2.24) is 10.2 Å². The number of alkyl halides is 2. The Labute approximate surface area is 98.7 Å². The fourth-order valence-electron chi connectivity index (χ4n) is 1.53. The Morgan fingerprint density at radius 3 is 2.59 bits per heavy atom. The number of carbonyl (C=O) groups is 1. The zero-order valence-corrected chi connectivity index (χ0v) is 9.73. The molecule has 0 aromatic rings. The Kier molecular flexibility index (Phi) is 5.73. The molecule has 0 saturated carbocycles. The Morgan fingerprint density at radius 2 is 2.06 bits per heavy atom. The maximum atomic E-state index is 12.0. The van der Waals surface area contributed by atoms with Crippen LogP contribution in [-0.4, -0.2) is 67.3 Å². The summed E-state index contributed by atoms with van der Waals surface area (Å²) in [5, 5.41) is 11.5. The average Bonchev–Trinajstić information content (AvgIpc) is 2.35. The summed E-state index contributed by atoms with van der Waals surface area (Å²) in [5.41, 5.74) is 0. The molecule has 17 heavy (non-hydrogen) atoms. The van der Waals surface area contributed by atoms with E-state index in [0.29, 0.717) is 26.3 Å². The van der Waals surface area contributed by atoms with Gasteiger partial charge < -0.3 is 20.1 Å². The SMILES string of the molecule is CC(NCC(O)C(F)F)C(=O)N1CCOCC1. The van der Waals surface area contributed by atoms with Gasteiger partial charge in [-0.15, -0.1) is 0 Å². The molecule has 0 spiro atoms. The van der Waals surface area contributed by atoms with Crippen molar-refractivity contribution in [2.24, 2.45) is 0 Å². The van der Waals surface area contributed by atoms with Gasteiger partial charge in [0.05, 0.1) is 19.3 Å². The van der Waals surface area contributed by atoms with Crippen LogP contribution >= 0.6 is 0 Å². The highest BCUT2D eigenvalue weighted by molar-refractivity contribution is 5.81. The van der Waals surface area contributed by atoms with Gasteiger partial charge in [0.25, 0.3) is 6.43 Å². The maximum Gasteiger partial charge on any atom is 0.265 e. The number of aliphatic hydroxyl groups excluding tert-OH is 1. The number of aliphatic hydroxyl groups is 1. The lowest BCUT2D eigenvalue weighted by Gasteiger charge is -2.29. The van der Waals surface area contributed by atoms with Gasteiger partial charge in [0.2, 0.25) is 5.91 Å². The minimum absolute atomic E-state index is 0.158. The number of carbonyl (C=O) groups excluding carboxylic acids is 1. The van der Waals surface area contributed by atoms with Crippen LogP contribution in [0.5, 0.6) is 0 Å². The van der Waals surface area contributed by atoms with Crippen molar-refractivity contribution in [3.05, 3.63) is 0 Å². The monoisotopic (exact) mass is 252 g/mol. The van der Waals surface area contributed by atoms with E-state index in [2.05, 4.69) is 5.32 Å². The van der Waals surface area contributed by atoms with Crippen LogP contribution in [0.2, 0.25) is 0 Å². The Balaban J connectivity index is 2.30. The Morgan fingerprint density at radius 1 is 1.47 bits per heavy atom. The van der Waals surface area contributed by atoms with Crippen LogP contribution in [-0.2, 0) is 9.53 Å². The van der Waals surface area contributed by atoms with E-state index in [1.54, 1.807) is 11.8 Å². The van der Waals surface area contributed by atoms with Crippen molar-refractivity contribution in [2.75, 3.05) is 32.8 Å². The average molecular weight is 252 g/mol. The third-order valence-corrected chi connectivity index (χ3v) is 2.62. The van der Waals surface area contributed by atoms with Gasteiger partial charge in [-0.2, -0.15) is 0 Å². The van der Waals surface area contributed by atoms with Crippen LogP contribution < -0.4 is 5.32 Å². The number of morpholine rings is 1. The summed E-state index contributed by atoms with van der Waals surface area (Å²) in [5.74, 6) is -0.158. The molecule has 1 aliphatic rings. The minimum Gasteiger partial charge on any atom is -0.386 e. The first-order valence-corrected chi connectivity index (χ1v) is 5.58. The number of rotatable bonds is 5. The van der Waals surface area contributed by atoms with E-state index in [4.69, 9.17) is 9.84 Å². The van der Waals surface area contributed by atoms with E-state index in [9.17, 15) is 13.6 Å². The van der Waals surface area contributed by atoms with Gasteiger partial charge in [-0.3, -0.25) is 4.79 Å². The molecule has 7 heteroatoms. The van der Waals surface area contributed by atoms with Crippen molar-refractivity contribution < 1.29 is 23.4 Å². The number of halogens is 2. The number of ether oxygens (including phenoxy) is 1. The first-order valence-electron chi connectivity index (χ1n) is 5.58. The van der Waals surface area contributed by atoms with Crippen molar-refractivity contribution in [3.63, 3.8) is 0 Å². The van der Waals surface area contributed by atoms with Gasteiger partial charge in [0.1, 0.15) is 6.10 Å². The molecule has 1 aliphatic heterocycles. The van der Waals surface area contributed by atoms with E-state index in [1.165, 1.54) is 0 Å².